The Morgan fingerprint density at radius 1 is 1.19 bits per heavy atom. The van der Waals surface area contributed by atoms with Gasteiger partial charge < -0.3 is 5.32 Å². The van der Waals surface area contributed by atoms with Gasteiger partial charge in [-0.15, -0.1) is 0 Å². The summed E-state index contributed by atoms with van der Waals surface area (Å²) >= 11 is 5.97. The Balaban J connectivity index is 2.04. The summed E-state index contributed by atoms with van der Waals surface area (Å²) in [5.41, 5.74) is 0.952. The highest BCUT2D eigenvalue weighted by Gasteiger charge is 2.14. The highest BCUT2D eigenvalue weighted by molar-refractivity contribution is 6.30. The normalized spacial score (nSPS) is 18.1. The number of nitrogens with one attached hydrogen (secondary N) is 1. The van der Waals surface area contributed by atoms with Gasteiger partial charge in [-0.05, 0) is 19.8 Å². The van der Waals surface area contributed by atoms with Crippen molar-refractivity contribution in [1.29, 1.82) is 0 Å². The molecule has 1 aromatic heterocycles. The van der Waals surface area contributed by atoms with Gasteiger partial charge in [0.15, 0.2) is 0 Å². The molecule has 88 valence electrons. The first-order chi connectivity index (χ1) is 7.77. The maximum absolute atomic E-state index is 5.97. The molecule has 1 aliphatic rings. The van der Waals surface area contributed by atoms with Crippen LogP contribution in [0.25, 0.3) is 0 Å². The van der Waals surface area contributed by atoms with E-state index >= 15 is 0 Å². The number of aromatic nitrogens is 2. The molecule has 4 heteroatoms. The average Bonchev–Trinajstić information content (AvgIpc) is 2.53. The second kappa shape index (κ2) is 5.48. The fourth-order valence-corrected chi connectivity index (χ4v) is 2.32. The Morgan fingerprint density at radius 2 is 1.88 bits per heavy atom. The Kier molecular flexibility index (Phi) is 3.99. The van der Waals surface area contributed by atoms with Gasteiger partial charge in [-0.25, -0.2) is 9.97 Å². The van der Waals surface area contributed by atoms with Crippen molar-refractivity contribution in [3.63, 3.8) is 0 Å². The van der Waals surface area contributed by atoms with E-state index in [2.05, 4.69) is 15.3 Å². The highest BCUT2D eigenvalue weighted by atomic mass is 35.5. The number of nitrogens with zero attached hydrogens (tertiary/aromatic N) is 2. The molecule has 1 aliphatic carbocycles. The summed E-state index contributed by atoms with van der Waals surface area (Å²) in [4.78, 5) is 8.22. The zero-order chi connectivity index (χ0) is 11.4. The predicted molar refractivity (Wildman–Crippen MR) is 66.9 cm³/mol. The van der Waals surface area contributed by atoms with Crippen LogP contribution in [0.4, 0.5) is 5.82 Å². The van der Waals surface area contributed by atoms with E-state index in [1.54, 1.807) is 0 Å². The molecule has 1 N–H and O–H groups in total. The van der Waals surface area contributed by atoms with E-state index < -0.39 is 0 Å². The Morgan fingerprint density at radius 3 is 2.56 bits per heavy atom. The summed E-state index contributed by atoms with van der Waals surface area (Å²) in [5.74, 6) is 0.895. The summed E-state index contributed by atoms with van der Waals surface area (Å²) in [6.07, 6.45) is 9.35. The minimum atomic E-state index is 0.547. The molecular formula is C12H18ClN3. The SMILES string of the molecule is Cc1c(Cl)ncnc1NC1CCCCCC1. The van der Waals surface area contributed by atoms with Gasteiger partial charge in [0.2, 0.25) is 0 Å². The molecule has 1 fully saturated rings. The van der Waals surface area contributed by atoms with Crippen molar-refractivity contribution in [1.82, 2.24) is 9.97 Å². The number of hydrogen-bond donors (Lipinski definition) is 1. The molecule has 0 amide bonds. The second-order valence-corrected chi connectivity index (χ2v) is 4.83. The molecule has 1 aromatic rings. The van der Waals surface area contributed by atoms with Gasteiger partial charge in [0, 0.05) is 11.6 Å². The molecule has 0 spiro atoms. The zero-order valence-corrected chi connectivity index (χ0v) is 10.4. The Labute approximate surface area is 102 Å². The predicted octanol–water partition coefficient (Wildman–Crippen LogP) is 3.57. The van der Waals surface area contributed by atoms with Gasteiger partial charge in [-0.3, -0.25) is 0 Å². The molecule has 0 bridgehead atoms. The quantitative estimate of drug-likeness (QED) is 0.633. The average molecular weight is 240 g/mol. The van der Waals surface area contributed by atoms with E-state index in [4.69, 9.17) is 11.6 Å². The van der Waals surface area contributed by atoms with E-state index in [9.17, 15) is 0 Å². The van der Waals surface area contributed by atoms with E-state index in [1.807, 2.05) is 6.92 Å². The molecule has 0 radical (unpaired) electrons. The van der Waals surface area contributed by atoms with Crippen LogP contribution in [-0.2, 0) is 0 Å². The lowest BCUT2D eigenvalue weighted by atomic mass is 10.1. The third-order valence-corrected chi connectivity index (χ3v) is 3.60. The fraction of sp³-hybridized carbons (Fsp3) is 0.667. The molecule has 0 aromatic carbocycles. The molecule has 3 nitrogen and oxygen atoms in total. The van der Waals surface area contributed by atoms with Crippen LogP contribution in [0.3, 0.4) is 0 Å². The number of rotatable bonds is 2. The van der Waals surface area contributed by atoms with Crippen LogP contribution in [0, 0.1) is 6.92 Å². The lowest BCUT2D eigenvalue weighted by Gasteiger charge is -2.18. The van der Waals surface area contributed by atoms with E-state index in [-0.39, 0.29) is 0 Å². The molecular weight excluding hydrogens is 222 g/mol. The number of anilines is 1. The van der Waals surface area contributed by atoms with Gasteiger partial charge in [0.05, 0.1) is 0 Å². The van der Waals surface area contributed by atoms with Crippen molar-refractivity contribution in [2.24, 2.45) is 0 Å². The van der Waals surface area contributed by atoms with Crippen LogP contribution < -0.4 is 5.32 Å². The van der Waals surface area contributed by atoms with Gasteiger partial charge in [0.25, 0.3) is 0 Å². The summed E-state index contributed by atoms with van der Waals surface area (Å²) in [6, 6.07) is 0.548. The topological polar surface area (TPSA) is 37.8 Å². The van der Waals surface area contributed by atoms with Crippen LogP contribution in [0.5, 0.6) is 0 Å². The van der Waals surface area contributed by atoms with Crippen molar-refractivity contribution >= 4 is 17.4 Å². The van der Waals surface area contributed by atoms with E-state index in [0.717, 1.165) is 11.4 Å². The largest absolute Gasteiger partial charge is 0.367 e. The van der Waals surface area contributed by atoms with Crippen LogP contribution in [0.2, 0.25) is 5.15 Å². The smallest absolute Gasteiger partial charge is 0.137 e. The Bertz CT molecular complexity index is 346. The summed E-state index contributed by atoms with van der Waals surface area (Å²) in [5, 5.41) is 4.04. The summed E-state index contributed by atoms with van der Waals surface area (Å²) in [7, 11) is 0. The first-order valence-corrected chi connectivity index (χ1v) is 6.39. The molecule has 0 unspecified atom stereocenters. The third kappa shape index (κ3) is 2.85. The van der Waals surface area contributed by atoms with Crippen molar-refractivity contribution in [3.05, 3.63) is 17.0 Å². The zero-order valence-electron chi connectivity index (χ0n) is 9.67. The minimum absolute atomic E-state index is 0.547. The van der Waals surface area contributed by atoms with Gasteiger partial charge in [-0.1, -0.05) is 37.3 Å². The monoisotopic (exact) mass is 239 g/mol. The van der Waals surface area contributed by atoms with Gasteiger partial charge in [0.1, 0.15) is 17.3 Å². The van der Waals surface area contributed by atoms with E-state index in [1.165, 1.54) is 44.9 Å². The van der Waals surface area contributed by atoms with Crippen LogP contribution in [0.1, 0.15) is 44.1 Å². The molecule has 0 aliphatic heterocycles. The van der Waals surface area contributed by atoms with Crippen molar-refractivity contribution < 1.29 is 0 Å². The maximum atomic E-state index is 5.97. The molecule has 1 heterocycles. The minimum Gasteiger partial charge on any atom is -0.367 e. The van der Waals surface area contributed by atoms with Crippen molar-refractivity contribution in [3.8, 4) is 0 Å². The van der Waals surface area contributed by atoms with Crippen molar-refractivity contribution in [2.75, 3.05) is 5.32 Å². The third-order valence-electron chi connectivity index (χ3n) is 3.22. The molecule has 1 saturated carbocycles. The number of hydrogen-bond acceptors (Lipinski definition) is 3. The molecule has 2 rings (SSSR count). The second-order valence-electron chi connectivity index (χ2n) is 4.47. The maximum Gasteiger partial charge on any atom is 0.137 e. The van der Waals surface area contributed by atoms with Crippen molar-refractivity contribution in [2.45, 2.75) is 51.5 Å². The summed E-state index contributed by atoms with van der Waals surface area (Å²) < 4.78 is 0. The highest BCUT2D eigenvalue weighted by Crippen LogP contribution is 2.23. The Hall–Kier alpha value is -0.830. The first-order valence-electron chi connectivity index (χ1n) is 6.01. The number of halogens is 1. The van der Waals surface area contributed by atoms with Crippen LogP contribution in [0.15, 0.2) is 6.33 Å². The van der Waals surface area contributed by atoms with Gasteiger partial charge in [-0.2, -0.15) is 0 Å². The van der Waals surface area contributed by atoms with Crippen LogP contribution >= 0.6 is 11.6 Å². The molecule has 0 saturated heterocycles. The van der Waals surface area contributed by atoms with Crippen LogP contribution in [-0.4, -0.2) is 16.0 Å². The lowest BCUT2D eigenvalue weighted by Crippen LogP contribution is -2.19. The van der Waals surface area contributed by atoms with Gasteiger partial charge >= 0.3 is 0 Å². The first kappa shape index (κ1) is 11.6. The molecule has 16 heavy (non-hydrogen) atoms. The van der Waals surface area contributed by atoms with E-state index in [0.29, 0.717) is 11.2 Å². The standard InChI is InChI=1S/C12H18ClN3/c1-9-11(13)14-8-15-12(9)16-10-6-4-2-3-5-7-10/h8,10H,2-7H2,1H3,(H,14,15,16). The fourth-order valence-electron chi connectivity index (χ4n) is 2.19. The molecule has 0 atom stereocenters. The lowest BCUT2D eigenvalue weighted by molar-refractivity contribution is 0.617. The summed E-state index contributed by atoms with van der Waals surface area (Å²) in [6.45, 7) is 1.96.